The van der Waals surface area contributed by atoms with Crippen LogP contribution in [0.1, 0.15) is 0 Å². The van der Waals surface area contributed by atoms with E-state index in [-0.39, 0.29) is 24.0 Å². The minimum absolute atomic E-state index is 0.178. The first-order valence-electron chi connectivity index (χ1n) is 7.64. The van der Waals surface area contributed by atoms with E-state index in [9.17, 15) is 25.5 Å². The lowest BCUT2D eigenvalue weighted by molar-refractivity contribution is -0.342. The molecule has 11 atom stereocenters. The Morgan fingerprint density at radius 2 is 1.65 bits per heavy atom. The Morgan fingerprint density at radius 1 is 0.870 bits per heavy atom. The number of fused-ring (bicyclic) bond motifs is 3. The van der Waals surface area contributed by atoms with Gasteiger partial charge in [-0.1, -0.05) is 0 Å². The van der Waals surface area contributed by atoms with Gasteiger partial charge in [-0.3, -0.25) is 0 Å². The molecule has 1 aliphatic carbocycles. The second-order valence-corrected chi connectivity index (χ2v) is 6.38. The fourth-order valence-electron chi connectivity index (χ4n) is 3.70. The SMILES string of the molecule is OC[C@H]1O[C@@H](O[C@@H]2OC=C[C@@H]3[C@H](O)[C@@H]4O[C@@H]4[C@@H]23)[C@@H](O)[C@@H](O)[C@H]1O. The monoisotopic (exact) mass is 332 g/mol. The third kappa shape index (κ3) is 2.39. The Hall–Kier alpha value is -0.780. The summed E-state index contributed by atoms with van der Waals surface area (Å²) in [6, 6.07) is 0. The number of aliphatic hydroxyl groups excluding tert-OH is 5. The first-order valence-corrected chi connectivity index (χ1v) is 7.64. The zero-order valence-electron chi connectivity index (χ0n) is 12.1. The van der Waals surface area contributed by atoms with Gasteiger partial charge in [0.2, 0.25) is 6.29 Å². The molecule has 0 spiro atoms. The molecule has 3 fully saturated rings. The van der Waals surface area contributed by atoms with Crippen LogP contribution >= 0.6 is 0 Å². The number of aliphatic hydroxyl groups is 5. The molecule has 5 N–H and O–H groups in total. The molecule has 9 heteroatoms. The van der Waals surface area contributed by atoms with Crippen molar-refractivity contribution in [3.05, 3.63) is 12.3 Å². The summed E-state index contributed by atoms with van der Waals surface area (Å²) in [4.78, 5) is 0. The number of ether oxygens (including phenoxy) is 4. The van der Waals surface area contributed by atoms with E-state index < -0.39 is 49.7 Å². The van der Waals surface area contributed by atoms with Gasteiger partial charge in [0.05, 0.1) is 31.0 Å². The molecule has 4 aliphatic rings. The second kappa shape index (κ2) is 5.64. The van der Waals surface area contributed by atoms with Gasteiger partial charge in [0.1, 0.15) is 30.5 Å². The molecule has 9 nitrogen and oxygen atoms in total. The van der Waals surface area contributed by atoms with Gasteiger partial charge in [0, 0.05) is 5.92 Å². The molecular formula is C14H20O9. The van der Waals surface area contributed by atoms with Crippen molar-refractivity contribution in [2.24, 2.45) is 11.8 Å². The van der Waals surface area contributed by atoms with Crippen molar-refractivity contribution in [3.63, 3.8) is 0 Å². The van der Waals surface area contributed by atoms with E-state index in [0.717, 1.165) is 0 Å². The molecule has 0 bridgehead atoms. The van der Waals surface area contributed by atoms with E-state index >= 15 is 0 Å². The smallest absolute Gasteiger partial charge is 0.207 e. The van der Waals surface area contributed by atoms with Gasteiger partial charge in [-0.2, -0.15) is 0 Å². The Balaban J connectivity index is 1.48. The summed E-state index contributed by atoms with van der Waals surface area (Å²) in [6.07, 6.45) is -5.51. The minimum Gasteiger partial charge on any atom is -0.472 e. The van der Waals surface area contributed by atoms with Crippen LogP contribution in [0.4, 0.5) is 0 Å². The topological polar surface area (TPSA) is 141 Å². The summed E-state index contributed by atoms with van der Waals surface area (Å²) < 4.78 is 21.8. The quantitative estimate of drug-likeness (QED) is 0.343. The zero-order chi connectivity index (χ0) is 16.3. The molecule has 3 aliphatic heterocycles. The molecule has 2 saturated heterocycles. The lowest BCUT2D eigenvalue weighted by atomic mass is 9.91. The highest BCUT2D eigenvalue weighted by Crippen LogP contribution is 2.51. The van der Waals surface area contributed by atoms with E-state index in [1.54, 1.807) is 6.08 Å². The van der Waals surface area contributed by atoms with Crippen molar-refractivity contribution in [1.82, 2.24) is 0 Å². The van der Waals surface area contributed by atoms with Gasteiger partial charge in [-0.05, 0) is 6.08 Å². The highest BCUT2D eigenvalue weighted by Gasteiger charge is 2.65. The van der Waals surface area contributed by atoms with Crippen LogP contribution in [0.15, 0.2) is 12.3 Å². The maximum atomic E-state index is 10.1. The molecule has 0 aromatic heterocycles. The predicted molar refractivity (Wildman–Crippen MR) is 70.5 cm³/mol. The van der Waals surface area contributed by atoms with E-state index in [2.05, 4.69) is 0 Å². The van der Waals surface area contributed by atoms with Crippen LogP contribution in [0.2, 0.25) is 0 Å². The van der Waals surface area contributed by atoms with E-state index in [1.807, 2.05) is 0 Å². The Morgan fingerprint density at radius 3 is 2.39 bits per heavy atom. The predicted octanol–water partition coefficient (Wildman–Crippen LogP) is -2.95. The highest BCUT2D eigenvalue weighted by atomic mass is 16.8. The van der Waals surface area contributed by atoms with Crippen LogP contribution in [0, 0.1) is 11.8 Å². The van der Waals surface area contributed by atoms with Crippen LogP contribution in [0.25, 0.3) is 0 Å². The normalized spacial score (nSPS) is 57.5. The minimum atomic E-state index is -1.51. The van der Waals surface area contributed by atoms with Crippen LogP contribution in [0.3, 0.4) is 0 Å². The first kappa shape index (κ1) is 15.7. The summed E-state index contributed by atoms with van der Waals surface area (Å²) in [7, 11) is 0. The van der Waals surface area contributed by atoms with Gasteiger partial charge in [-0.15, -0.1) is 0 Å². The Labute approximate surface area is 131 Å². The van der Waals surface area contributed by atoms with Gasteiger partial charge < -0.3 is 44.5 Å². The third-order valence-electron chi connectivity index (χ3n) is 5.06. The first-order chi connectivity index (χ1) is 11.0. The zero-order valence-corrected chi connectivity index (χ0v) is 12.1. The molecule has 130 valence electrons. The van der Waals surface area contributed by atoms with Gasteiger partial charge >= 0.3 is 0 Å². The molecule has 0 amide bonds. The molecule has 4 rings (SSSR count). The van der Waals surface area contributed by atoms with Crippen molar-refractivity contribution in [2.45, 2.75) is 55.3 Å². The highest BCUT2D eigenvalue weighted by molar-refractivity contribution is 5.16. The lowest BCUT2D eigenvalue weighted by Crippen LogP contribution is -2.60. The van der Waals surface area contributed by atoms with E-state index in [1.165, 1.54) is 6.26 Å². The third-order valence-corrected chi connectivity index (χ3v) is 5.06. The molecule has 0 unspecified atom stereocenters. The molecule has 1 saturated carbocycles. The summed E-state index contributed by atoms with van der Waals surface area (Å²) in [5.41, 5.74) is 0. The largest absolute Gasteiger partial charge is 0.472 e. The Kier molecular flexibility index (Phi) is 3.86. The van der Waals surface area contributed by atoms with Crippen molar-refractivity contribution < 1.29 is 44.5 Å². The average Bonchev–Trinajstić information content (AvgIpc) is 3.29. The number of hydrogen-bond donors (Lipinski definition) is 5. The molecule has 0 aromatic carbocycles. The van der Waals surface area contributed by atoms with Crippen molar-refractivity contribution in [1.29, 1.82) is 0 Å². The average molecular weight is 332 g/mol. The number of hydrogen-bond acceptors (Lipinski definition) is 9. The van der Waals surface area contributed by atoms with Crippen LogP contribution in [-0.2, 0) is 18.9 Å². The number of rotatable bonds is 3. The summed E-state index contributed by atoms with van der Waals surface area (Å²) in [5.74, 6) is -0.435. The van der Waals surface area contributed by atoms with Crippen molar-refractivity contribution in [3.8, 4) is 0 Å². The van der Waals surface area contributed by atoms with Gasteiger partial charge in [0.25, 0.3) is 0 Å². The maximum Gasteiger partial charge on any atom is 0.207 e. The van der Waals surface area contributed by atoms with Gasteiger partial charge in [0.15, 0.2) is 6.29 Å². The fourth-order valence-corrected chi connectivity index (χ4v) is 3.70. The van der Waals surface area contributed by atoms with E-state index in [0.29, 0.717) is 0 Å². The van der Waals surface area contributed by atoms with Crippen molar-refractivity contribution >= 4 is 0 Å². The number of epoxide rings is 1. The summed E-state index contributed by atoms with van der Waals surface area (Å²) in [5, 5.41) is 48.9. The molecular weight excluding hydrogens is 312 g/mol. The summed E-state index contributed by atoms with van der Waals surface area (Å²) >= 11 is 0. The Bertz CT molecular complexity index is 483. The lowest BCUT2D eigenvalue weighted by Gasteiger charge is -2.42. The van der Waals surface area contributed by atoms with Crippen LogP contribution in [-0.4, -0.2) is 87.4 Å². The standard InChI is InChI=1S/C14H20O9/c15-3-5-8(17)9(18)10(19)14(21-5)23-13-6-4(1-2-20-13)7(16)12-11(6)22-12/h1-2,4-19H,3H2/t4-,5+,6-,7-,8-,9-,10-,11+,12-,13-,14-/m0/s1. The second-order valence-electron chi connectivity index (χ2n) is 6.38. The molecule has 0 radical (unpaired) electrons. The van der Waals surface area contributed by atoms with Crippen molar-refractivity contribution in [2.75, 3.05) is 6.61 Å². The van der Waals surface area contributed by atoms with E-state index in [4.69, 9.17) is 18.9 Å². The van der Waals surface area contributed by atoms with Crippen LogP contribution in [0.5, 0.6) is 0 Å². The maximum absolute atomic E-state index is 10.1. The molecule has 23 heavy (non-hydrogen) atoms. The van der Waals surface area contributed by atoms with Crippen LogP contribution < -0.4 is 0 Å². The molecule has 3 heterocycles. The van der Waals surface area contributed by atoms with Gasteiger partial charge in [-0.25, -0.2) is 0 Å². The summed E-state index contributed by atoms with van der Waals surface area (Å²) in [6.45, 7) is -0.533. The fraction of sp³-hybridized carbons (Fsp3) is 0.857. The molecule has 0 aromatic rings.